The van der Waals surface area contributed by atoms with Crippen LogP contribution in [0, 0.1) is 5.92 Å². The molecule has 0 bridgehead atoms. The number of rotatable bonds is 29. The summed E-state index contributed by atoms with van der Waals surface area (Å²) in [5.41, 5.74) is 0. The van der Waals surface area contributed by atoms with Crippen LogP contribution >= 0.6 is 0 Å². The van der Waals surface area contributed by atoms with Gasteiger partial charge < -0.3 is 4.74 Å². The Morgan fingerprint density at radius 2 is 0.829 bits per heavy atom. The highest BCUT2D eigenvalue weighted by molar-refractivity contribution is 5.69. The molecule has 0 N–H and O–H groups in total. The second-order valence-corrected chi connectivity index (χ2v) is 11.4. The summed E-state index contributed by atoms with van der Waals surface area (Å²) in [7, 11) is 0. The quantitative estimate of drug-likeness (QED) is 0.0763. The average molecular weight is 495 g/mol. The predicted molar refractivity (Wildman–Crippen MR) is 156 cm³/mol. The Balaban J connectivity index is 3.20. The van der Waals surface area contributed by atoms with E-state index in [0.717, 1.165) is 18.8 Å². The third-order valence-corrected chi connectivity index (χ3v) is 7.64. The fourth-order valence-electron chi connectivity index (χ4n) is 5.09. The molecule has 35 heavy (non-hydrogen) atoms. The van der Waals surface area contributed by atoms with Crippen LogP contribution in [0.1, 0.15) is 194 Å². The van der Waals surface area contributed by atoms with Crippen molar-refractivity contribution < 1.29 is 9.53 Å². The number of unbranched alkanes of at least 4 members (excludes halogenated alkanes) is 21. The number of carbonyl (C=O) groups is 1. The maximum Gasteiger partial charge on any atom is 0.305 e. The van der Waals surface area contributed by atoms with E-state index in [4.69, 9.17) is 4.74 Å². The first-order valence-corrected chi connectivity index (χ1v) is 16.4. The van der Waals surface area contributed by atoms with E-state index in [1.165, 1.54) is 154 Å². The van der Waals surface area contributed by atoms with Gasteiger partial charge in [0.25, 0.3) is 0 Å². The molecule has 0 aromatic rings. The summed E-state index contributed by atoms with van der Waals surface area (Å²) in [5.74, 6) is 0.953. The van der Waals surface area contributed by atoms with Gasteiger partial charge in [-0.25, -0.2) is 0 Å². The fourth-order valence-corrected chi connectivity index (χ4v) is 5.09. The molecular formula is C33H66O2. The summed E-state index contributed by atoms with van der Waals surface area (Å²) in [6, 6.07) is 0. The van der Waals surface area contributed by atoms with Gasteiger partial charge in [0.2, 0.25) is 0 Å². The number of esters is 1. The summed E-state index contributed by atoms with van der Waals surface area (Å²) < 4.78 is 5.42. The molecule has 0 aromatic carbocycles. The van der Waals surface area contributed by atoms with Gasteiger partial charge in [-0.15, -0.1) is 0 Å². The second-order valence-electron chi connectivity index (χ2n) is 11.4. The number of hydrogen-bond donors (Lipinski definition) is 0. The molecule has 2 nitrogen and oxygen atoms in total. The molecule has 1 atom stereocenters. The van der Waals surface area contributed by atoms with Crippen molar-refractivity contribution in [1.82, 2.24) is 0 Å². The van der Waals surface area contributed by atoms with E-state index in [2.05, 4.69) is 20.8 Å². The number of carbonyl (C=O) groups excluding carboxylic acids is 1. The fraction of sp³-hybridized carbons (Fsp3) is 0.970. The Morgan fingerprint density at radius 3 is 1.31 bits per heavy atom. The summed E-state index contributed by atoms with van der Waals surface area (Å²) >= 11 is 0. The van der Waals surface area contributed by atoms with Crippen LogP contribution in [-0.2, 0) is 9.53 Å². The molecule has 0 fully saturated rings. The zero-order chi connectivity index (χ0) is 25.7. The van der Waals surface area contributed by atoms with Crippen LogP contribution in [0.4, 0.5) is 0 Å². The van der Waals surface area contributed by atoms with Crippen LogP contribution in [-0.4, -0.2) is 12.6 Å². The van der Waals surface area contributed by atoms with Crippen molar-refractivity contribution in [1.29, 1.82) is 0 Å². The molecular weight excluding hydrogens is 428 g/mol. The van der Waals surface area contributed by atoms with E-state index < -0.39 is 0 Å². The highest BCUT2D eigenvalue weighted by Gasteiger charge is 2.03. The SMILES string of the molecule is CCCCCCCCCCCCCCOC(=O)CCCCCCCCCCCC(C)CCCCC. The van der Waals surface area contributed by atoms with Crippen LogP contribution in [0.25, 0.3) is 0 Å². The van der Waals surface area contributed by atoms with Crippen LogP contribution in [0.5, 0.6) is 0 Å². The lowest BCUT2D eigenvalue weighted by Crippen LogP contribution is -2.05. The highest BCUT2D eigenvalue weighted by Crippen LogP contribution is 2.18. The Kier molecular flexibility index (Phi) is 29.2. The van der Waals surface area contributed by atoms with Gasteiger partial charge in [-0.2, -0.15) is 0 Å². The molecule has 0 rings (SSSR count). The van der Waals surface area contributed by atoms with Crippen molar-refractivity contribution in [3.8, 4) is 0 Å². The van der Waals surface area contributed by atoms with E-state index >= 15 is 0 Å². The minimum absolute atomic E-state index is 0.0250. The molecule has 0 spiro atoms. The van der Waals surface area contributed by atoms with Gasteiger partial charge in [-0.1, -0.05) is 175 Å². The topological polar surface area (TPSA) is 26.3 Å². The molecule has 210 valence electrons. The minimum atomic E-state index is 0.0250. The summed E-state index contributed by atoms with van der Waals surface area (Å²) in [6.45, 7) is 7.64. The van der Waals surface area contributed by atoms with E-state index in [-0.39, 0.29) is 5.97 Å². The molecule has 0 aliphatic rings. The van der Waals surface area contributed by atoms with Crippen molar-refractivity contribution in [3.05, 3.63) is 0 Å². The van der Waals surface area contributed by atoms with E-state index in [9.17, 15) is 4.79 Å². The molecule has 0 aliphatic carbocycles. The first-order chi connectivity index (χ1) is 17.2. The van der Waals surface area contributed by atoms with Gasteiger partial charge in [0.1, 0.15) is 0 Å². The zero-order valence-corrected chi connectivity index (χ0v) is 24.7. The van der Waals surface area contributed by atoms with Crippen molar-refractivity contribution in [2.24, 2.45) is 5.92 Å². The van der Waals surface area contributed by atoms with Crippen LogP contribution in [0.15, 0.2) is 0 Å². The molecule has 2 heteroatoms. The van der Waals surface area contributed by atoms with Crippen molar-refractivity contribution >= 4 is 5.97 Å². The zero-order valence-electron chi connectivity index (χ0n) is 24.7. The highest BCUT2D eigenvalue weighted by atomic mass is 16.5. The van der Waals surface area contributed by atoms with Crippen molar-refractivity contribution in [2.45, 2.75) is 194 Å². The van der Waals surface area contributed by atoms with Gasteiger partial charge in [-0.05, 0) is 18.8 Å². The van der Waals surface area contributed by atoms with Crippen LogP contribution < -0.4 is 0 Å². The van der Waals surface area contributed by atoms with Crippen LogP contribution in [0.2, 0.25) is 0 Å². The second kappa shape index (κ2) is 29.7. The summed E-state index contributed by atoms with van der Waals surface area (Å²) in [5, 5.41) is 0. The largest absolute Gasteiger partial charge is 0.466 e. The van der Waals surface area contributed by atoms with Gasteiger partial charge in [0.15, 0.2) is 0 Å². The molecule has 0 aromatic heterocycles. The third-order valence-electron chi connectivity index (χ3n) is 7.64. The maximum absolute atomic E-state index is 11.9. The van der Waals surface area contributed by atoms with Gasteiger partial charge in [0, 0.05) is 6.42 Å². The first-order valence-electron chi connectivity index (χ1n) is 16.4. The molecule has 1 unspecified atom stereocenters. The van der Waals surface area contributed by atoms with E-state index in [1.807, 2.05) is 0 Å². The Hall–Kier alpha value is -0.530. The Labute approximate surface area is 222 Å². The van der Waals surface area contributed by atoms with Gasteiger partial charge >= 0.3 is 5.97 Å². The standard InChI is InChI=1S/C33H66O2/c1-4-6-8-9-10-11-12-13-17-20-23-27-31-35-33(34)30-26-22-19-16-14-15-18-21-25-29-32(3)28-24-7-5-2/h32H,4-31H2,1-3H3. The molecule has 0 radical (unpaired) electrons. The van der Waals surface area contributed by atoms with Crippen molar-refractivity contribution in [2.75, 3.05) is 6.61 Å². The molecule has 0 saturated heterocycles. The summed E-state index contributed by atoms with van der Waals surface area (Å²) in [4.78, 5) is 11.9. The van der Waals surface area contributed by atoms with Crippen molar-refractivity contribution in [3.63, 3.8) is 0 Å². The Bertz CT molecular complexity index is 406. The van der Waals surface area contributed by atoms with Crippen LogP contribution in [0.3, 0.4) is 0 Å². The lowest BCUT2D eigenvalue weighted by Gasteiger charge is -2.10. The monoisotopic (exact) mass is 495 g/mol. The van der Waals surface area contributed by atoms with E-state index in [1.54, 1.807) is 0 Å². The molecule has 0 aliphatic heterocycles. The molecule has 0 amide bonds. The lowest BCUT2D eigenvalue weighted by molar-refractivity contribution is -0.143. The van der Waals surface area contributed by atoms with Gasteiger partial charge in [-0.3, -0.25) is 4.79 Å². The summed E-state index contributed by atoms with van der Waals surface area (Å²) in [6.07, 6.45) is 35.6. The van der Waals surface area contributed by atoms with Gasteiger partial charge in [0.05, 0.1) is 6.61 Å². The smallest absolute Gasteiger partial charge is 0.305 e. The number of hydrogen-bond acceptors (Lipinski definition) is 2. The first kappa shape index (κ1) is 34.5. The normalized spacial score (nSPS) is 12.2. The van der Waals surface area contributed by atoms with E-state index in [0.29, 0.717) is 13.0 Å². The molecule has 0 saturated carbocycles. The predicted octanol–water partition coefficient (Wildman–Crippen LogP) is 11.7. The average Bonchev–Trinajstić information content (AvgIpc) is 2.85. The molecule has 0 heterocycles. The maximum atomic E-state index is 11.9. The minimum Gasteiger partial charge on any atom is -0.466 e. The third kappa shape index (κ3) is 29.6. The Morgan fingerprint density at radius 1 is 0.486 bits per heavy atom. The lowest BCUT2D eigenvalue weighted by atomic mass is 9.96. The number of ether oxygens (including phenoxy) is 1.